The van der Waals surface area contributed by atoms with E-state index in [2.05, 4.69) is 5.32 Å². The summed E-state index contributed by atoms with van der Waals surface area (Å²) in [5.74, 6) is 1.30. The lowest BCUT2D eigenvalue weighted by molar-refractivity contribution is 0.0948. The molecule has 36 heavy (non-hydrogen) atoms. The van der Waals surface area contributed by atoms with Gasteiger partial charge in [0.1, 0.15) is 23.1 Å². The van der Waals surface area contributed by atoms with Crippen LogP contribution >= 0.6 is 34.5 Å². The fourth-order valence-corrected chi connectivity index (χ4v) is 5.86. The number of carbonyl (C=O) groups is 1. The molecule has 0 fully saturated rings. The summed E-state index contributed by atoms with van der Waals surface area (Å²) >= 11 is 13.8. The summed E-state index contributed by atoms with van der Waals surface area (Å²) in [6.45, 7) is 0.671. The molecule has 2 aromatic heterocycles. The highest BCUT2D eigenvalue weighted by Crippen LogP contribution is 2.40. The average molecular weight is 539 g/mol. The molecule has 0 bridgehead atoms. The van der Waals surface area contributed by atoms with Crippen LogP contribution in [0.4, 0.5) is 5.00 Å². The van der Waals surface area contributed by atoms with Crippen LogP contribution in [0.25, 0.3) is 0 Å². The zero-order chi connectivity index (χ0) is 24.9. The normalized spacial score (nSPS) is 13.1. The fraction of sp³-hybridized carbons (Fsp3) is 0.214. The quantitative estimate of drug-likeness (QED) is 0.233. The molecule has 4 aromatic rings. The number of ether oxygens (including phenoxy) is 1. The van der Waals surface area contributed by atoms with Crippen molar-refractivity contribution in [2.24, 2.45) is 4.99 Å². The van der Waals surface area contributed by atoms with Crippen molar-refractivity contribution in [2.45, 2.75) is 38.8 Å². The van der Waals surface area contributed by atoms with Gasteiger partial charge < -0.3 is 14.5 Å². The molecule has 8 heteroatoms. The lowest BCUT2D eigenvalue weighted by Crippen LogP contribution is -2.23. The van der Waals surface area contributed by atoms with Crippen molar-refractivity contribution >= 4 is 51.7 Å². The Hall–Kier alpha value is -3.06. The number of nitrogens with zero attached hydrogens (tertiary/aromatic N) is 1. The molecule has 0 spiro atoms. The minimum atomic E-state index is -0.116. The van der Waals surface area contributed by atoms with E-state index in [1.54, 1.807) is 35.9 Å². The number of rotatable bonds is 8. The molecule has 0 saturated heterocycles. The lowest BCUT2D eigenvalue weighted by atomic mass is 9.95. The van der Waals surface area contributed by atoms with Gasteiger partial charge in [-0.25, -0.2) is 4.99 Å². The van der Waals surface area contributed by atoms with E-state index < -0.39 is 0 Å². The first-order valence-corrected chi connectivity index (χ1v) is 13.3. The number of aryl methyl sites for hydroxylation is 1. The molecule has 5 rings (SSSR count). The van der Waals surface area contributed by atoms with Crippen LogP contribution in [-0.4, -0.2) is 12.1 Å². The molecule has 1 N–H and O–H groups in total. The number of carbonyl (C=O) groups excluding carboxylic acids is 1. The van der Waals surface area contributed by atoms with Crippen LogP contribution in [-0.2, 0) is 26.0 Å². The van der Waals surface area contributed by atoms with E-state index in [1.165, 1.54) is 4.88 Å². The van der Waals surface area contributed by atoms with Gasteiger partial charge in [0.15, 0.2) is 0 Å². The van der Waals surface area contributed by atoms with Gasteiger partial charge in [-0.2, -0.15) is 0 Å². The maximum Gasteiger partial charge on any atom is 0.255 e. The number of benzene rings is 2. The van der Waals surface area contributed by atoms with E-state index in [0.717, 1.165) is 47.4 Å². The highest BCUT2D eigenvalue weighted by molar-refractivity contribution is 7.16. The third kappa shape index (κ3) is 5.84. The van der Waals surface area contributed by atoms with E-state index in [9.17, 15) is 4.79 Å². The third-order valence-electron chi connectivity index (χ3n) is 5.98. The number of thiophene rings is 1. The molecule has 0 radical (unpaired) electrons. The Morgan fingerprint density at radius 1 is 1.11 bits per heavy atom. The Bertz CT molecular complexity index is 1400. The van der Waals surface area contributed by atoms with E-state index in [1.807, 2.05) is 42.5 Å². The molecule has 1 amide bonds. The summed E-state index contributed by atoms with van der Waals surface area (Å²) in [5.41, 5.74) is 3.55. The Kier molecular flexibility index (Phi) is 7.75. The zero-order valence-corrected chi connectivity index (χ0v) is 21.8. The van der Waals surface area contributed by atoms with Crippen molar-refractivity contribution in [3.05, 3.63) is 104 Å². The number of furan rings is 1. The first-order valence-electron chi connectivity index (χ1n) is 11.7. The molecule has 0 aliphatic heterocycles. The van der Waals surface area contributed by atoms with Gasteiger partial charge in [-0.15, -0.1) is 11.3 Å². The first-order chi connectivity index (χ1) is 17.6. The van der Waals surface area contributed by atoms with E-state index in [-0.39, 0.29) is 5.91 Å². The molecule has 184 valence electrons. The molecule has 1 aliphatic rings. The van der Waals surface area contributed by atoms with E-state index >= 15 is 0 Å². The van der Waals surface area contributed by atoms with Gasteiger partial charge >= 0.3 is 0 Å². The van der Waals surface area contributed by atoms with Crippen LogP contribution in [0.5, 0.6) is 5.75 Å². The maximum atomic E-state index is 13.2. The van der Waals surface area contributed by atoms with Crippen LogP contribution in [0.1, 0.15) is 50.5 Å². The van der Waals surface area contributed by atoms with Crippen LogP contribution < -0.4 is 10.1 Å². The third-order valence-corrected chi connectivity index (χ3v) is 7.77. The second kappa shape index (κ2) is 11.3. The van der Waals surface area contributed by atoms with Crippen LogP contribution in [0.15, 0.2) is 70.3 Å². The summed E-state index contributed by atoms with van der Waals surface area (Å²) < 4.78 is 11.3. The topological polar surface area (TPSA) is 63.8 Å². The second-order valence-electron chi connectivity index (χ2n) is 8.51. The fourth-order valence-electron chi connectivity index (χ4n) is 4.16. The number of aliphatic imine (C=N–C) groups is 1. The summed E-state index contributed by atoms with van der Waals surface area (Å²) in [6, 6.07) is 16.7. The SMILES string of the molecule is O=C(NCc1ccco1)c1c(N=Cc2cccc(OCc3ccc(Cl)cc3Cl)c2)sc2c1CCCC2. The Morgan fingerprint density at radius 2 is 2.00 bits per heavy atom. The van der Waals surface area contributed by atoms with Crippen molar-refractivity contribution in [1.82, 2.24) is 5.32 Å². The predicted octanol–water partition coefficient (Wildman–Crippen LogP) is 7.79. The maximum absolute atomic E-state index is 13.2. The van der Waals surface area contributed by atoms with Crippen LogP contribution in [0, 0.1) is 0 Å². The standard InChI is InChI=1S/C28H24Cl2N2O3S/c29-20-11-10-19(24(30)14-20)17-35-21-6-3-5-18(13-21)15-32-28-26(23-8-1-2-9-25(23)36-28)27(33)31-16-22-7-4-12-34-22/h3-7,10-15H,1-2,8-9,16-17H2,(H,31,33). The van der Waals surface area contributed by atoms with Crippen molar-refractivity contribution < 1.29 is 13.9 Å². The highest BCUT2D eigenvalue weighted by Gasteiger charge is 2.25. The van der Waals surface area contributed by atoms with Gasteiger partial charge in [-0.3, -0.25) is 4.79 Å². The first kappa shape index (κ1) is 24.6. The molecule has 0 saturated carbocycles. The summed E-state index contributed by atoms with van der Waals surface area (Å²) in [5, 5.41) is 4.88. The number of fused-ring (bicyclic) bond motifs is 1. The zero-order valence-electron chi connectivity index (χ0n) is 19.4. The number of amides is 1. The summed E-state index contributed by atoms with van der Waals surface area (Å²) in [7, 11) is 0. The molecular formula is C28H24Cl2N2O3S. The number of halogens is 2. The predicted molar refractivity (Wildman–Crippen MR) is 145 cm³/mol. The van der Waals surface area contributed by atoms with Crippen molar-refractivity contribution in [1.29, 1.82) is 0 Å². The highest BCUT2D eigenvalue weighted by atomic mass is 35.5. The average Bonchev–Trinajstić information content (AvgIpc) is 3.53. The molecular weight excluding hydrogens is 515 g/mol. The molecule has 2 heterocycles. The number of hydrogen-bond donors (Lipinski definition) is 1. The van der Waals surface area contributed by atoms with Gasteiger partial charge in [-0.05, 0) is 73.2 Å². The second-order valence-corrected chi connectivity index (χ2v) is 10.4. The largest absolute Gasteiger partial charge is 0.489 e. The van der Waals surface area contributed by atoms with Gasteiger partial charge in [0.25, 0.3) is 5.91 Å². The smallest absolute Gasteiger partial charge is 0.255 e. The molecule has 0 atom stereocenters. The summed E-state index contributed by atoms with van der Waals surface area (Å²) in [6.07, 6.45) is 7.50. The van der Waals surface area contributed by atoms with Gasteiger partial charge in [0.2, 0.25) is 0 Å². The van der Waals surface area contributed by atoms with Gasteiger partial charge in [-0.1, -0.05) is 41.4 Å². The van der Waals surface area contributed by atoms with Crippen LogP contribution in [0.3, 0.4) is 0 Å². The van der Waals surface area contributed by atoms with Crippen molar-refractivity contribution in [3.63, 3.8) is 0 Å². The Morgan fingerprint density at radius 3 is 2.83 bits per heavy atom. The van der Waals surface area contributed by atoms with Crippen LogP contribution in [0.2, 0.25) is 10.0 Å². The van der Waals surface area contributed by atoms with E-state index in [0.29, 0.717) is 40.3 Å². The molecule has 5 nitrogen and oxygen atoms in total. The van der Waals surface area contributed by atoms with Gasteiger partial charge in [0, 0.05) is 26.7 Å². The molecule has 0 unspecified atom stereocenters. The molecule has 2 aromatic carbocycles. The van der Waals surface area contributed by atoms with E-state index in [4.69, 9.17) is 37.3 Å². The molecule has 1 aliphatic carbocycles. The monoisotopic (exact) mass is 538 g/mol. The minimum absolute atomic E-state index is 0.116. The van der Waals surface area contributed by atoms with Crippen molar-refractivity contribution in [2.75, 3.05) is 0 Å². The van der Waals surface area contributed by atoms with Gasteiger partial charge in [0.05, 0.1) is 18.4 Å². The number of hydrogen-bond acceptors (Lipinski definition) is 5. The summed E-state index contributed by atoms with van der Waals surface area (Å²) in [4.78, 5) is 19.2. The minimum Gasteiger partial charge on any atom is -0.489 e. The Labute approximate surface area is 223 Å². The lowest BCUT2D eigenvalue weighted by Gasteiger charge is -2.12. The van der Waals surface area contributed by atoms with Crippen molar-refractivity contribution in [3.8, 4) is 5.75 Å². The number of nitrogens with one attached hydrogen (secondary N) is 1. The Balaban J connectivity index is 1.33.